The van der Waals surface area contributed by atoms with Gasteiger partial charge in [0.15, 0.2) is 0 Å². The Morgan fingerprint density at radius 2 is 2.07 bits per heavy atom. The van der Waals surface area contributed by atoms with Crippen LogP contribution in [-0.4, -0.2) is 12.5 Å². The summed E-state index contributed by atoms with van der Waals surface area (Å²) in [6.07, 6.45) is 6.05. The zero-order chi connectivity index (χ0) is 10.6. The third kappa shape index (κ3) is 9.12. The molecule has 0 saturated heterocycles. The summed E-state index contributed by atoms with van der Waals surface area (Å²) in [5, 5.41) is 2.85. The first kappa shape index (κ1) is 13.0. The Hall–Kier alpha value is -0.970. The van der Waals surface area contributed by atoms with E-state index in [-0.39, 0.29) is 5.91 Å². The molecule has 0 aromatic rings. The van der Waals surface area contributed by atoms with Gasteiger partial charge in [-0.25, -0.2) is 0 Å². The van der Waals surface area contributed by atoms with Crippen molar-refractivity contribution >= 4 is 5.91 Å². The molecule has 0 aromatic carbocycles. The Labute approximate surface area is 87.5 Å². The predicted octanol–water partition coefficient (Wildman–Crippen LogP) is 2.49. The number of carbonyl (C=O) groups excluding carboxylic acids is 1. The molecule has 0 heterocycles. The van der Waals surface area contributed by atoms with Crippen molar-refractivity contribution < 1.29 is 4.79 Å². The third-order valence-corrected chi connectivity index (χ3v) is 2.01. The normalized spacial score (nSPS) is 9.00. The van der Waals surface area contributed by atoms with Gasteiger partial charge in [-0.3, -0.25) is 4.79 Å². The SMILES string of the molecule is CC#CCCNC(=O)CCCCCC. The number of rotatable bonds is 7. The molecule has 14 heavy (non-hydrogen) atoms. The lowest BCUT2D eigenvalue weighted by atomic mass is 10.1. The van der Waals surface area contributed by atoms with E-state index in [0.29, 0.717) is 13.0 Å². The van der Waals surface area contributed by atoms with Gasteiger partial charge in [0.1, 0.15) is 0 Å². The van der Waals surface area contributed by atoms with Crippen molar-refractivity contribution in [1.29, 1.82) is 0 Å². The minimum absolute atomic E-state index is 0.166. The Morgan fingerprint density at radius 3 is 2.71 bits per heavy atom. The molecule has 0 radical (unpaired) electrons. The van der Waals surface area contributed by atoms with Crippen LogP contribution in [0.15, 0.2) is 0 Å². The van der Waals surface area contributed by atoms with Crippen molar-refractivity contribution in [2.75, 3.05) is 6.54 Å². The van der Waals surface area contributed by atoms with Gasteiger partial charge in [0, 0.05) is 19.4 Å². The average Bonchev–Trinajstić information content (AvgIpc) is 2.19. The van der Waals surface area contributed by atoms with Crippen LogP contribution in [0, 0.1) is 11.8 Å². The van der Waals surface area contributed by atoms with Crippen LogP contribution in [0.25, 0.3) is 0 Å². The van der Waals surface area contributed by atoms with Gasteiger partial charge in [0.2, 0.25) is 5.91 Å². The van der Waals surface area contributed by atoms with Gasteiger partial charge in [-0.15, -0.1) is 11.8 Å². The molecule has 2 heteroatoms. The summed E-state index contributed by atoms with van der Waals surface area (Å²) in [6, 6.07) is 0. The van der Waals surface area contributed by atoms with Crippen LogP contribution in [0.3, 0.4) is 0 Å². The minimum atomic E-state index is 0.166. The summed E-state index contributed by atoms with van der Waals surface area (Å²) in [4.78, 5) is 11.2. The minimum Gasteiger partial charge on any atom is -0.355 e. The number of hydrogen-bond acceptors (Lipinski definition) is 1. The molecule has 0 bridgehead atoms. The Bertz CT molecular complexity index is 200. The van der Waals surface area contributed by atoms with E-state index in [4.69, 9.17) is 0 Å². The summed E-state index contributed by atoms with van der Waals surface area (Å²) in [6.45, 7) is 4.67. The maximum absolute atomic E-state index is 11.2. The predicted molar refractivity (Wildman–Crippen MR) is 59.8 cm³/mol. The lowest BCUT2D eigenvalue weighted by molar-refractivity contribution is -0.121. The van der Waals surface area contributed by atoms with E-state index in [9.17, 15) is 4.79 Å². The number of amides is 1. The number of nitrogens with one attached hydrogen (secondary N) is 1. The lowest BCUT2D eigenvalue weighted by Gasteiger charge is -2.02. The highest BCUT2D eigenvalue weighted by Gasteiger charge is 1.98. The van der Waals surface area contributed by atoms with E-state index in [1.807, 2.05) is 6.92 Å². The fourth-order valence-electron chi connectivity index (χ4n) is 1.19. The molecule has 0 unspecified atom stereocenters. The molecule has 0 aromatic heterocycles. The van der Waals surface area contributed by atoms with E-state index < -0.39 is 0 Å². The maximum atomic E-state index is 11.2. The fourth-order valence-corrected chi connectivity index (χ4v) is 1.19. The number of unbranched alkanes of at least 4 members (excludes halogenated alkanes) is 3. The zero-order valence-corrected chi connectivity index (χ0v) is 9.36. The first-order valence-electron chi connectivity index (χ1n) is 5.47. The van der Waals surface area contributed by atoms with E-state index in [1.54, 1.807) is 0 Å². The van der Waals surface area contributed by atoms with Crippen molar-refractivity contribution in [3.8, 4) is 11.8 Å². The smallest absolute Gasteiger partial charge is 0.220 e. The largest absolute Gasteiger partial charge is 0.355 e. The van der Waals surface area contributed by atoms with Crippen LogP contribution in [0.5, 0.6) is 0 Å². The second kappa shape index (κ2) is 10.1. The van der Waals surface area contributed by atoms with Crippen LogP contribution in [-0.2, 0) is 4.79 Å². The molecule has 0 rings (SSSR count). The van der Waals surface area contributed by atoms with Gasteiger partial charge < -0.3 is 5.32 Å². The molecule has 2 nitrogen and oxygen atoms in total. The van der Waals surface area contributed by atoms with Crippen LogP contribution < -0.4 is 5.32 Å². The second-order valence-electron chi connectivity index (χ2n) is 3.34. The highest BCUT2D eigenvalue weighted by Crippen LogP contribution is 2.01. The molecular weight excluding hydrogens is 174 g/mol. The summed E-state index contributed by atoms with van der Waals surface area (Å²) in [5.74, 6) is 5.88. The summed E-state index contributed by atoms with van der Waals surface area (Å²) in [5.41, 5.74) is 0. The van der Waals surface area contributed by atoms with Crippen molar-refractivity contribution in [2.45, 2.75) is 52.4 Å². The molecule has 0 saturated carbocycles. The number of carbonyl (C=O) groups is 1. The first-order valence-corrected chi connectivity index (χ1v) is 5.47. The molecule has 0 spiro atoms. The Balaban J connectivity index is 3.22. The fraction of sp³-hybridized carbons (Fsp3) is 0.750. The molecule has 0 aliphatic rings. The van der Waals surface area contributed by atoms with Crippen molar-refractivity contribution in [3.05, 3.63) is 0 Å². The maximum Gasteiger partial charge on any atom is 0.220 e. The van der Waals surface area contributed by atoms with Gasteiger partial charge in [0.05, 0.1) is 0 Å². The first-order chi connectivity index (χ1) is 6.81. The lowest BCUT2D eigenvalue weighted by Crippen LogP contribution is -2.23. The highest BCUT2D eigenvalue weighted by atomic mass is 16.1. The molecule has 0 atom stereocenters. The van der Waals surface area contributed by atoms with Gasteiger partial charge in [-0.2, -0.15) is 0 Å². The van der Waals surface area contributed by atoms with Crippen LogP contribution in [0.2, 0.25) is 0 Å². The summed E-state index contributed by atoms with van der Waals surface area (Å²) >= 11 is 0. The van der Waals surface area contributed by atoms with E-state index >= 15 is 0 Å². The Kier molecular flexibility index (Phi) is 9.41. The molecule has 1 amide bonds. The zero-order valence-electron chi connectivity index (χ0n) is 9.36. The van der Waals surface area contributed by atoms with Crippen molar-refractivity contribution in [3.63, 3.8) is 0 Å². The van der Waals surface area contributed by atoms with Crippen LogP contribution >= 0.6 is 0 Å². The molecule has 0 aliphatic heterocycles. The molecular formula is C12H21NO. The molecule has 0 fully saturated rings. The second-order valence-corrected chi connectivity index (χ2v) is 3.34. The Morgan fingerprint density at radius 1 is 1.29 bits per heavy atom. The van der Waals surface area contributed by atoms with E-state index in [1.165, 1.54) is 19.3 Å². The summed E-state index contributed by atoms with van der Waals surface area (Å²) < 4.78 is 0. The van der Waals surface area contributed by atoms with Gasteiger partial charge >= 0.3 is 0 Å². The highest BCUT2D eigenvalue weighted by molar-refractivity contribution is 5.75. The third-order valence-electron chi connectivity index (χ3n) is 2.01. The van der Waals surface area contributed by atoms with E-state index in [2.05, 4.69) is 24.1 Å². The van der Waals surface area contributed by atoms with E-state index in [0.717, 1.165) is 12.8 Å². The van der Waals surface area contributed by atoms with Gasteiger partial charge in [-0.05, 0) is 13.3 Å². The average molecular weight is 195 g/mol. The molecule has 80 valence electrons. The van der Waals surface area contributed by atoms with Crippen LogP contribution in [0.4, 0.5) is 0 Å². The summed E-state index contributed by atoms with van der Waals surface area (Å²) in [7, 11) is 0. The number of hydrogen-bond donors (Lipinski definition) is 1. The standard InChI is InChI=1S/C12H21NO/c1-3-5-7-8-10-12(14)13-11-9-6-4-2/h3,5,7-11H2,1-2H3,(H,13,14). The van der Waals surface area contributed by atoms with Gasteiger partial charge in [0.25, 0.3) is 0 Å². The molecule has 0 aliphatic carbocycles. The van der Waals surface area contributed by atoms with Crippen molar-refractivity contribution in [1.82, 2.24) is 5.32 Å². The quantitative estimate of drug-likeness (QED) is 0.491. The topological polar surface area (TPSA) is 29.1 Å². The van der Waals surface area contributed by atoms with Crippen LogP contribution in [0.1, 0.15) is 52.4 Å². The monoisotopic (exact) mass is 195 g/mol. The van der Waals surface area contributed by atoms with Gasteiger partial charge in [-0.1, -0.05) is 26.2 Å². The van der Waals surface area contributed by atoms with Crippen molar-refractivity contribution in [2.24, 2.45) is 0 Å². The molecule has 1 N–H and O–H groups in total.